The van der Waals surface area contributed by atoms with Crippen molar-refractivity contribution in [3.63, 3.8) is 0 Å². The third kappa shape index (κ3) is 4.63. The molecule has 22 heavy (non-hydrogen) atoms. The quantitative estimate of drug-likeness (QED) is 0.644. The minimum Gasteiger partial charge on any atom is -0.434 e. The lowest BCUT2D eigenvalue weighted by Crippen LogP contribution is -2.19. The third-order valence-electron chi connectivity index (χ3n) is 2.60. The van der Waals surface area contributed by atoms with Crippen LogP contribution in [0.15, 0.2) is 58.1 Å². The van der Waals surface area contributed by atoms with Crippen molar-refractivity contribution < 1.29 is 18.3 Å². The van der Waals surface area contributed by atoms with E-state index in [-0.39, 0.29) is 11.3 Å². The van der Waals surface area contributed by atoms with Crippen LogP contribution in [0, 0.1) is 0 Å². The maximum atomic E-state index is 12.3. The number of hydrazone groups is 1. The second-order valence-corrected chi connectivity index (χ2v) is 5.04. The van der Waals surface area contributed by atoms with Crippen LogP contribution in [0.4, 0.5) is 8.78 Å². The van der Waals surface area contributed by atoms with Gasteiger partial charge < -0.3 is 4.74 Å². The Labute approximate surface area is 133 Å². The van der Waals surface area contributed by atoms with Gasteiger partial charge in [-0.15, -0.1) is 0 Å². The zero-order valence-electron chi connectivity index (χ0n) is 11.2. The van der Waals surface area contributed by atoms with Crippen LogP contribution in [-0.4, -0.2) is 18.7 Å². The molecule has 7 heteroatoms. The van der Waals surface area contributed by atoms with E-state index in [0.29, 0.717) is 0 Å². The summed E-state index contributed by atoms with van der Waals surface area (Å²) in [6, 6.07) is 13.0. The average molecular weight is 369 g/mol. The third-order valence-corrected chi connectivity index (χ3v) is 3.13. The first-order valence-corrected chi connectivity index (χ1v) is 6.98. The smallest absolute Gasteiger partial charge is 0.387 e. The van der Waals surface area contributed by atoms with Crippen molar-refractivity contribution in [2.24, 2.45) is 5.10 Å². The number of ether oxygens (including phenoxy) is 1. The zero-order valence-corrected chi connectivity index (χ0v) is 12.8. The maximum absolute atomic E-state index is 12.3. The van der Waals surface area contributed by atoms with Crippen LogP contribution in [0.2, 0.25) is 0 Å². The standard InChI is InChI=1S/C15H11BrF2N2O2/c16-11-7-5-10(6-8-11)9-19-20-14(21)12-3-1-2-4-13(12)22-15(17)18/h1-9,15H,(H,20,21)/b19-9-. The van der Waals surface area contributed by atoms with Gasteiger partial charge in [-0.1, -0.05) is 40.2 Å². The molecule has 0 aliphatic rings. The average Bonchev–Trinajstić information content (AvgIpc) is 2.49. The van der Waals surface area contributed by atoms with E-state index >= 15 is 0 Å². The summed E-state index contributed by atoms with van der Waals surface area (Å²) < 4.78 is 29.8. The van der Waals surface area contributed by atoms with Gasteiger partial charge in [0.05, 0.1) is 11.8 Å². The molecule has 1 N–H and O–H groups in total. The summed E-state index contributed by atoms with van der Waals surface area (Å²) >= 11 is 3.31. The SMILES string of the molecule is O=C(N/N=C\c1ccc(Br)cc1)c1ccccc1OC(F)F. The first-order valence-electron chi connectivity index (χ1n) is 6.19. The van der Waals surface area contributed by atoms with Crippen LogP contribution in [0.1, 0.15) is 15.9 Å². The summed E-state index contributed by atoms with van der Waals surface area (Å²) in [6.45, 7) is -3.00. The molecular weight excluding hydrogens is 358 g/mol. The lowest BCUT2D eigenvalue weighted by atomic mass is 10.2. The highest BCUT2D eigenvalue weighted by atomic mass is 79.9. The van der Waals surface area contributed by atoms with Crippen molar-refractivity contribution in [1.82, 2.24) is 5.43 Å². The fraction of sp³-hybridized carbons (Fsp3) is 0.0667. The molecule has 0 aromatic heterocycles. The minimum atomic E-state index is -3.00. The first kappa shape index (κ1) is 16.1. The predicted molar refractivity (Wildman–Crippen MR) is 82.3 cm³/mol. The molecule has 1 amide bonds. The highest BCUT2D eigenvalue weighted by molar-refractivity contribution is 9.10. The van der Waals surface area contributed by atoms with Crippen molar-refractivity contribution in [3.8, 4) is 5.75 Å². The van der Waals surface area contributed by atoms with E-state index in [1.165, 1.54) is 24.4 Å². The van der Waals surface area contributed by atoms with E-state index in [9.17, 15) is 13.6 Å². The monoisotopic (exact) mass is 368 g/mol. The van der Waals surface area contributed by atoms with Crippen LogP contribution in [0.25, 0.3) is 0 Å². The molecule has 0 aliphatic carbocycles. The molecule has 0 heterocycles. The lowest BCUT2D eigenvalue weighted by molar-refractivity contribution is -0.0501. The highest BCUT2D eigenvalue weighted by Crippen LogP contribution is 2.20. The van der Waals surface area contributed by atoms with E-state index in [2.05, 4.69) is 31.2 Å². The molecule has 2 aromatic rings. The largest absolute Gasteiger partial charge is 0.434 e. The lowest BCUT2D eigenvalue weighted by Gasteiger charge is -2.08. The van der Waals surface area contributed by atoms with Crippen LogP contribution in [-0.2, 0) is 0 Å². The van der Waals surface area contributed by atoms with Gasteiger partial charge in [0.15, 0.2) is 0 Å². The summed E-state index contributed by atoms with van der Waals surface area (Å²) in [5, 5.41) is 3.78. The number of hydrogen-bond acceptors (Lipinski definition) is 3. The molecule has 0 saturated carbocycles. The summed E-state index contributed by atoms with van der Waals surface area (Å²) in [5.74, 6) is -0.835. The normalized spacial score (nSPS) is 10.9. The molecule has 0 unspecified atom stereocenters. The Morgan fingerprint density at radius 2 is 1.86 bits per heavy atom. The van der Waals surface area contributed by atoms with Gasteiger partial charge in [0, 0.05) is 4.47 Å². The first-order chi connectivity index (χ1) is 10.6. The number of amides is 1. The van der Waals surface area contributed by atoms with Crippen LogP contribution in [0.3, 0.4) is 0 Å². The van der Waals surface area contributed by atoms with Crippen LogP contribution in [0.5, 0.6) is 5.75 Å². The number of rotatable bonds is 5. The number of carbonyl (C=O) groups is 1. The van der Waals surface area contributed by atoms with Gasteiger partial charge in [-0.25, -0.2) is 5.43 Å². The molecule has 2 rings (SSSR count). The minimum absolute atomic E-state index is 0.0178. The van der Waals surface area contributed by atoms with E-state index in [0.717, 1.165) is 10.0 Å². The Hall–Kier alpha value is -2.28. The Morgan fingerprint density at radius 3 is 2.55 bits per heavy atom. The van der Waals surface area contributed by atoms with Gasteiger partial charge in [0.1, 0.15) is 5.75 Å². The predicted octanol–water partition coefficient (Wildman–Crippen LogP) is 3.81. The van der Waals surface area contributed by atoms with Crippen molar-refractivity contribution in [1.29, 1.82) is 0 Å². The maximum Gasteiger partial charge on any atom is 0.387 e. The molecule has 0 radical (unpaired) electrons. The van der Waals surface area contributed by atoms with E-state index in [1.54, 1.807) is 18.2 Å². The molecule has 0 spiro atoms. The van der Waals surface area contributed by atoms with E-state index in [4.69, 9.17) is 0 Å². The Kier molecular flexibility index (Phi) is 5.60. The van der Waals surface area contributed by atoms with Crippen molar-refractivity contribution >= 4 is 28.1 Å². The molecule has 0 saturated heterocycles. The van der Waals surface area contributed by atoms with Gasteiger partial charge >= 0.3 is 6.61 Å². The number of halogens is 3. The van der Waals surface area contributed by atoms with Gasteiger partial charge in [0.25, 0.3) is 5.91 Å². The number of para-hydroxylation sites is 1. The van der Waals surface area contributed by atoms with Crippen molar-refractivity contribution in [2.45, 2.75) is 6.61 Å². The Bertz CT molecular complexity index is 675. The summed E-state index contributed by atoms with van der Waals surface area (Å²) in [4.78, 5) is 11.9. The van der Waals surface area contributed by atoms with E-state index in [1.807, 2.05) is 12.1 Å². The van der Waals surface area contributed by atoms with Gasteiger partial charge in [-0.2, -0.15) is 13.9 Å². The number of benzene rings is 2. The van der Waals surface area contributed by atoms with Crippen molar-refractivity contribution in [2.75, 3.05) is 0 Å². The number of alkyl halides is 2. The van der Waals surface area contributed by atoms with E-state index < -0.39 is 12.5 Å². The molecule has 4 nitrogen and oxygen atoms in total. The number of carbonyl (C=O) groups excluding carboxylic acids is 1. The summed E-state index contributed by atoms with van der Waals surface area (Å²) in [6.07, 6.45) is 1.45. The number of hydrogen-bond donors (Lipinski definition) is 1. The van der Waals surface area contributed by atoms with Crippen LogP contribution < -0.4 is 10.2 Å². The molecule has 0 aliphatic heterocycles. The Morgan fingerprint density at radius 1 is 1.18 bits per heavy atom. The number of nitrogens with one attached hydrogen (secondary N) is 1. The molecular formula is C15H11BrF2N2O2. The fourth-order valence-electron chi connectivity index (χ4n) is 1.63. The molecule has 0 bridgehead atoms. The van der Waals surface area contributed by atoms with Gasteiger partial charge in [0.2, 0.25) is 0 Å². The molecule has 114 valence electrons. The zero-order chi connectivity index (χ0) is 15.9. The summed E-state index contributed by atoms with van der Waals surface area (Å²) in [7, 11) is 0. The van der Waals surface area contributed by atoms with Gasteiger partial charge in [-0.05, 0) is 29.8 Å². The highest BCUT2D eigenvalue weighted by Gasteiger charge is 2.14. The van der Waals surface area contributed by atoms with Crippen LogP contribution >= 0.6 is 15.9 Å². The molecule has 0 fully saturated rings. The summed E-state index contributed by atoms with van der Waals surface area (Å²) in [5.41, 5.74) is 3.03. The van der Waals surface area contributed by atoms with Crippen molar-refractivity contribution in [3.05, 3.63) is 64.1 Å². The second kappa shape index (κ2) is 7.65. The topological polar surface area (TPSA) is 50.7 Å². The number of nitrogens with zero attached hydrogens (tertiary/aromatic N) is 1. The molecule has 2 aromatic carbocycles. The molecule has 0 atom stereocenters. The second-order valence-electron chi connectivity index (χ2n) is 4.13. The fourth-order valence-corrected chi connectivity index (χ4v) is 1.89. The Balaban J connectivity index is 2.04. The van der Waals surface area contributed by atoms with Gasteiger partial charge in [-0.3, -0.25) is 4.79 Å².